The van der Waals surface area contributed by atoms with Gasteiger partial charge in [-0.05, 0) is 105 Å². The Morgan fingerprint density at radius 2 is 1.00 bits per heavy atom. The van der Waals surface area contributed by atoms with Crippen molar-refractivity contribution in [3.63, 3.8) is 0 Å². The molecule has 2 aromatic rings. The number of phenols is 2. The van der Waals surface area contributed by atoms with Crippen LogP contribution >= 0.6 is 0 Å². The molecule has 2 N–H and O–H groups in total. The molecular weight excluding hydrogens is 480 g/mol. The molecule has 0 saturated heterocycles. The quantitative estimate of drug-likeness (QED) is 0.212. The molecule has 0 spiro atoms. The Hall–Kier alpha value is -2.62. The first kappa shape index (κ1) is 30.9. The van der Waals surface area contributed by atoms with Gasteiger partial charge in [0.15, 0.2) is 0 Å². The van der Waals surface area contributed by atoms with Gasteiger partial charge in [0.25, 0.3) is 0 Å². The van der Waals surface area contributed by atoms with E-state index in [1.807, 2.05) is 12.4 Å². The normalized spacial score (nSPS) is 17.6. The molecule has 2 atom stereocenters. The van der Waals surface area contributed by atoms with E-state index in [1.165, 1.54) is 11.1 Å². The van der Waals surface area contributed by atoms with Gasteiger partial charge in [-0.1, -0.05) is 65.5 Å². The summed E-state index contributed by atoms with van der Waals surface area (Å²) in [5.41, 5.74) is 6.36. The third-order valence-electron chi connectivity index (χ3n) is 8.05. The first-order valence-corrected chi connectivity index (χ1v) is 15.8. The molecule has 3 rings (SSSR count). The Balaban J connectivity index is 1.81. The van der Waals surface area contributed by atoms with Crippen LogP contribution in [0.2, 0.25) is 0 Å². The van der Waals surface area contributed by atoms with E-state index in [0.29, 0.717) is 11.5 Å². The highest BCUT2D eigenvalue weighted by atomic mass is 16.3. The third kappa shape index (κ3) is 9.22. The van der Waals surface area contributed by atoms with Gasteiger partial charge in [-0.3, -0.25) is 9.98 Å². The molecule has 0 amide bonds. The highest BCUT2D eigenvalue weighted by molar-refractivity contribution is 5.85. The number of rotatable bonds is 16. The van der Waals surface area contributed by atoms with Crippen molar-refractivity contribution >= 4 is 12.4 Å². The molecule has 1 aliphatic carbocycles. The third-order valence-corrected chi connectivity index (χ3v) is 8.05. The summed E-state index contributed by atoms with van der Waals surface area (Å²) in [5.74, 6) is 0.776. The Bertz CT molecular complexity index is 1000. The van der Waals surface area contributed by atoms with Crippen molar-refractivity contribution in [1.29, 1.82) is 0 Å². The second-order valence-electron chi connectivity index (χ2n) is 11.4. The van der Waals surface area contributed by atoms with Crippen molar-refractivity contribution in [2.45, 2.75) is 136 Å². The van der Waals surface area contributed by atoms with Crippen molar-refractivity contribution in [3.05, 3.63) is 57.6 Å². The maximum Gasteiger partial charge on any atom is 0.127 e. The SMILES string of the molecule is CCCCc1cc(C=N[C@H]2CCC[C@@H]2N=Cc2cc(CCCC)cc(CCCC)c2O)c(O)c(CCCC)c1. The highest BCUT2D eigenvalue weighted by Crippen LogP contribution is 2.30. The molecule has 0 aliphatic heterocycles. The lowest BCUT2D eigenvalue weighted by atomic mass is 9.97. The van der Waals surface area contributed by atoms with Gasteiger partial charge in [-0.2, -0.15) is 0 Å². The number of hydrogen-bond acceptors (Lipinski definition) is 4. The maximum atomic E-state index is 11.0. The number of aromatic hydroxyl groups is 2. The minimum atomic E-state index is 0.101. The largest absolute Gasteiger partial charge is 0.507 e. The van der Waals surface area contributed by atoms with Gasteiger partial charge in [0.2, 0.25) is 0 Å². The molecule has 4 heteroatoms. The van der Waals surface area contributed by atoms with Crippen molar-refractivity contribution < 1.29 is 10.2 Å². The lowest BCUT2D eigenvalue weighted by Crippen LogP contribution is -2.16. The predicted octanol–water partition coefficient (Wildman–Crippen LogP) is 8.93. The van der Waals surface area contributed by atoms with E-state index in [0.717, 1.165) is 119 Å². The van der Waals surface area contributed by atoms with Crippen LogP contribution in [0.25, 0.3) is 0 Å². The van der Waals surface area contributed by atoms with Crippen molar-refractivity contribution in [2.24, 2.45) is 9.98 Å². The number of aliphatic imine (C=N–C) groups is 2. The standard InChI is InChI=1S/C35H52N2O2/c1-5-9-14-26-20-28(16-11-7-3)34(38)30(22-26)24-36-32-18-13-19-33(32)37-25-31-23-27(15-10-6-2)21-29(35(31)39)17-12-8-4/h20-25,32-33,38-39H,5-19H2,1-4H3/t32-,33-/m0/s1. The van der Waals surface area contributed by atoms with Gasteiger partial charge >= 0.3 is 0 Å². The maximum absolute atomic E-state index is 11.0. The van der Waals surface area contributed by atoms with Gasteiger partial charge in [0.05, 0.1) is 12.1 Å². The van der Waals surface area contributed by atoms with Crippen LogP contribution in [0.15, 0.2) is 34.3 Å². The number of phenolic OH excluding ortho intramolecular Hbond substituents is 2. The zero-order valence-electron chi connectivity index (χ0n) is 25.0. The summed E-state index contributed by atoms with van der Waals surface area (Å²) in [6.45, 7) is 8.81. The summed E-state index contributed by atoms with van der Waals surface area (Å²) in [6, 6.07) is 8.82. The summed E-state index contributed by atoms with van der Waals surface area (Å²) in [7, 11) is 0. The predicted molar refractivity (Wildman–Crippen MR) is 167 cm³/mol. The second-order valence-corrected chi connectivity index (χ2v) is 11.4. The Kier molecular flexibility index (Phi) is 13.1. The number of nitrogens with zero attached hydrogens (tertiary/aromatic N) is 2. The summed E-state index contributed by atoms with van der Waals surface area (Å²) < 4.78 is 0. The van der Waals surface area contributed by atoms with Crippen LogP contribution in [0, 0.1) is 0 Å². The van der Waals surface area contributed by atoms with Crippen LogP contribution in [0.5, 0.6) is 11.5 Å². The molecule has 0 heterocycles. The second kappa shape index (κ2) is 16.5. The van der Waals surface area contributed by atoms with E-state index in [9.17, 15) is 10.2 Å². The zero-order valence-corrected chi connectivity index (χ0v) is 25.0. The molecule has 0 aromatic heterocycles. The van der Waals surface area contributed by atoms with Gasteiger partial charge in [-0.25, -0.2) is 0 Å². The first-order chi connectivity index (χ1) is 19.0. The number of unbranched alkanes of at least 4 members (excludes halogenated alkanes) is 4. The van der Waals surface area contributed by atoms with Crippen LogP contribution in [-0.2, 0) is 25.7 Å². The lowest BCUT2D eigenvalue weighted by molar-refractivity contribution is 0.465. The van der Waals surface area contributed by atoms with Crippen molar-refractivity contribution in [3.8, 4) is 11.5 Å². The fourth-order valence-electron chi connectivity index (χ4n) is 5.56. The van der Waals surface area contributed by atoms with Crippen molar-refractivity contribution in [2.75, 3.05) is 0 Å². The zero-order chi connectivity index (χ0) is 28.0. The molecule has 4 nitrogen and oxygen atoms in total. The Labute approximate surface area is 237 Å². The fraction of sp³-hybridized carbons (Fsp3) is 0.600. The number of benzene rings is 2. The lowest BCUT2D eigenvalue weighted by Gasteiger charge is -2.14. The molecule has 2 aromatic carbocycles. The monoisotopic (exact) mass is 532 g/mol. The van der Waals surface area contributed by atoms with E-state index in [4.69, 9.17) is 9.98 Å². The molecule has 1 aliphatic rings. The van der Waals surface area contributed by atoms with Gasteiger partial charge in [0, 0.05) is 23.6 Å². The minimum absolute atomic E-state index is 0.101. The Morgan fingerprint density at radius 1 is 0.615 bits per heavy atom. The topological polar surface area (TPSA) is 65.2 Å². The van der Waals surface area contributed by atoms with Crippen LogP contribution in [0.3, 0.4) is 0 Å². The molecule has 1 fully saturated rings. The summed E-state index contributed by atoms with van der Waals surface area (Å²) in [6.07, 6.45) is 19.8. The summed E-state index contributed by atoms with van der Waals surface area (Å²) in [4.78, 5) is 9.94. The van der Waals surface area contributed by atoms with Crippen LogP contribution in [-0.4, -0.2) is 34.7 Å². The summed E-state index contributed by atoms with van der Waals surface area (Å²) >= 11 is 0. The number of hydrogen-bond donors (Lipinski definition) is 2. The average Bonchev–Trinajstić information content (AvgIpc) is 3.40. The molecule has 39 heavy (non-hydrogen) atoms. The number of aryl methyl sites for hydroxylation is 4. The Morgan fingerprint density at radius 3 is 1.38 bits per heavy atom. The summed E-state index contributed by atoms with van der Waals surface area (Å²) in [5, 5.41) is 22.0. The molecule has 0 bridgehead atoms. The minimum Gasteiger partial charge on any atom is -0.507 e. The molecular formula is C35H52N2O2. The van der Waals surface area contributed by atoms with Gasteiger partial charge in [-0.15, -0.1) is 0 Å². The molecule has 1 saturated carbocycles. The van der Waals surface area contributed by atoms with Gasteiger partial charge < -0.3 is 10.2 Å². The van der Waals surface area contributed by atoms with Crippen LogP contribution < -0.4 is 0 Å². The highest BCUT2D eigenvalue weighted by Gasteiger charge is 2.26. The van der Waals surface area contributed by atoms with Crippen LogP contribution in [0.1, 0.15) is 132 Å². The van der Waals surface area contributed by atoms with E-state index >= 15 is 0 Å². The molecule has 214 valence electrons. The van der Waals surface area contributed by atoms with E-state index in [1.54, 1.807) is 0 Å². The molecule has 0 unspecified atom stereocenters. The van der Waals surface area contributed by atoms with E-state index in [-0.39, 0.29) is 12.1 Å². The van der Waals surface area contributed by atoms with E-state index < -0.39 is 0 Å². The van der Waals surface area contributed by atoms with Crippen molar-refractivity contribution in [1.82, 2.24) is 0 Å². The first-order valence-electron chi connectivity index (χ1n) is 15.8. The fourth-order valence-corrected chi connectivity index (χ4v) is 5.56. The van der Waals surface area contributed by atoms with Crippen LogP contribution in [0.4, 0.5) is 0 Å². The molecule has 0 radical (unpaired) electrons. The smallest absolute Gasteiger partial charge is 0.127 e. The van der Waals surface area contributed by atoms with Gasteiger partial charge in [0.1, 0.15) is 11.5 Å². The average molecular weight is 533 g/mol. The van der Waals surface area contributed by atoms with E-state index in [2.05, 4.69) is 52.0 Å².